The second kappa shape index (κ2) is 8.26. The number of halogens is 1. The molecule has 166 valence electrons. The number of amides is 2. The highest BCUT2D eigenvalue weighted by atomic mass is 19.1. The number of ketones is 1. The van der Waals surface area contributed by atoms with Gasteiger partial charge >= 0.3 is 5.91 Å². The molecule has 1 aromatic carbocycles. The Labute approximate surface area is 180 Å². The molecular weight excluding hydrogens is 401 g/mol. The first kappa shape index (κ1) is 22.7. The Morgan fingerprint density at radius 3 is 2.19 bits per heavy atom. The van der Waals surface area contributed by atoms with Crippen LogP contribution in [0.5, 0.6) is 0 Å². The van der Waals surface area contributed by atoms with E-state index < -0.39 is 35.1 Å². The summed E-state index contributed by atoms with van der Waals surface area (Å²) in [5.74, 6) is -2.66. The summed E-state index contributed by atoms with van der Waals surface area (Å²) in [5, 5.41) is 9.95. The minimum Gasteiger partial charge on any atom is -0.393 e. The molecule has 0 radical (unpaired) electrons. The van der Waals surface area contributed by atoms with E-state index in [0.29, 0.717) is 42.6 Å². The highest BCUT2D eigenvalue weighted by molar-refractivity contribution is 6.47. The van der Waals surface area contributed by atoms with E-state index in [1.807, 2.05) is 6.92 Å². The average molecular weight is 429 g/mol. The molecule has 1 aliphatic carbocycles. The molecular formula is C23H28FN3O4. The maximum atomic E-state index is 13.6. The van der Waals surface area contributed by atoms with Crippen LogP contribution in [0.4, 0.5) is 10.1 Å². The van der Waals surface area contributed by atoms with E-state index in [1.165, 1.54) is 33.7 Å². The average Bonchev–Trinajstić information content (AvgIpc) is 2.94. The maximum absolute atomic E-state index is 13.6. The Kier molecular flexibility index (Phi) is 6.04. The van der Waals surface area contributed by atoms with Crippen LogP contribution in [-0.2, 0) is 11.8 Å². The molecule has 1 saturated carbocycles. The lowest BCUT2D eigenvalue weighted by atomic mass is 9.80. The van der Waals surface area contributed by atoms with E-state index in [9.17, 15) is 23.9 Å². The van der Waals surface area contributed by atoms with Gasteiger partial charge in [0, 0.05) is 24.0 Å². The van der Waals surface area contributed by atoms with Gasteiger partial charge in [0.15, 0.2) is 0 Å². The third-order valence-electron chi connectivity index (χ3n) is 6.45. The Hall–Kier alpha value is -3.00. The van der Waals surface area contributed by atoms with Crippen LogP contribution in [-0.4, -0.2) is 38.9 Å². The molecule has 0 saturated heterocycles. The number of aliphatic hydroxyl groups excluding tert-OH is 1. The van der Waals surface area contributed by atoms with Crippen LogP contribution in [0.25, 0.3) is 0 Å². The zero-order valence-electron chi connectivity index (χ0n) is 18.2. The lowest BCUT2D eigenvalue weighted by molar-refractivity contribution is -0.116. The molecule has 0 aliphatic heterocycles. The van der Waals surface area contributed by atoms with Crippen LogP contribution in [0, 0.1) is 19.7 Å². The second-order valence-electron chi connectivity index (χ2n) is 8.53. The van der Waals surface area contributed by atoms with Gasteiger partial charge < -0.3 is 15.4 Å². The van der Waals surface area contributed by atoms with Gasteiger partial charge in [-0.1, -0.05) is 0 Å². The van der Waals surface area contributed by atoms with E-state index >= 15 is 0 Å². The molecule has 0 bridgehead atoms. The number of carbonyl (C=O) groups is 3. The number of carbonyl (C=O) groups excluding carboxylic acids is 3. The molecule has 0 spiro atoms. The van der Waals surface area contributed by atoms with Gasteiger partial charge in [0.25, 0.3) is 11.7 Å². The molecule has 1 aromatic heterocycles. The second-order valence-corrected chi connectivity index (χ2v) is 8.53. The number of aliphatic hydroxyl groups is 1. The van der Waals surface area contributed by atoms with Gasteiger partial charge in [-0.2, -0.15) is 0 Å². The SMILES string of the molecule is Cc1c(C(N)=O)c(C)n(C)c1C(=O)C(=O)N(c1ccc(F)cc1)C1(C)CCC(O)CC1. The lowest BCUT2D eigenvalue weighted by Gasteiger charge is -2.44. The van der Waals surface area contributed by atoms with Gasteiger partial charge in [-0.15, -0.1) is 0 Å². The lowest BCUT2D eigenvalue weighted by Crippen LogP contribution is -2.55. The third-order valence-corrected chi connectivity index (χ3v) is 6.45. The number of rotatable bonds is 5. The molecule has 7 nitrogen and oxygen atoms in total. The highest BCUT2D eigenvalue weighted by Gasteiger charge is 2.43. The van der Waals surface area contributed by atoms with E-state index in [0.717, 1.165) is 0 Å². The number of Topliss-reactive ketones (excluding diaryl/α,β-unsaturated/α-hetero) is 1. The quantitative estimate of drug-likeness (QED) is 0.563. The largest absolute Gasteiger partial charge is 0.393 e. The summed E-state index contributed by atoms with van der Waals surface area (Å²) in [7, 11) is 1.61. The number of nitrogens with zero attached hydrogens (tertiary/aromatic N) is 2. The molecule has 1 aliphatic rings. The van der Waals surface area contributed by atoms with Crippen LogP contribution >= 0.6 is 0 Å². The summed E-state index contributed by atoms with van der Waals surface area (Å²) in [6, 6.07) is 5.41. The minimum atomic E-state index is -0.773. The Bertz CT molecular complexity index is 1030. The summed E-state index contributed by atoms with van der Waals surface area (Å²) in [6.07, 6.45) is 1.50. The first-order valence-corrected chi connectivity index (χ1v) is 10.3. The van der Waals surface area contributed by atoms with Crippen LogP contribution < -0.4 is 10.6 Å². The van der Waals surface area contributed by atoms with E-state index in [4.69, 9.17) is 5.73 Å². The van der Waals surface area contributed by atoms with Crippen molar-refractivity contribution in [3.63, 3.8) is 0 Å². The number of primary amides is 1. The first-order chi connectivity index (χ1) is 14.5. The van der Waals surface area contributed by atoms with Crippen molar-refractivity contribution in [2.24, 2.45) is 12.8 Å². The maximum Gasteiger partial charge on any atom is 0.301 e. The predicted molar refractivity (Wildman–Crippen MR) is 115 cm³/mol. The van der Waals surface area contributed by atoms with Crippen LogP contribution in [0.3, 0.4) is 0 Å². The fourth-order valence-corrected chi connectivity index (χ4v) is 4.58. The van der Waals surface area contributed by atoms with Gasteiger partial charge in [-0.25, -0.2) is 4.39 Å². The number of benzene rings is 1. The monoisotopic (exact) mass is 429 g/mol. The molecule has 2 aromatic rings. The topological polar surface area (TPSA) is 106 Å². The smallest absolute Gasteiger partial charge is 0.301 e. The van der Waals surface area contributed by atoms with Crippen molar-refractivity contribution in [3.05, 3.63) is 52.6 Å². The molecule has 0 atom stereocenters. The van der Waals surface area contributed by atoms with Crippen molar-refractivity contribution in [2.45, 2.75) is 58.1 Å². The van der Waals surface area contributed by atoms with Crippen LogP contribution in [0.1, 0.15) is 64.7 Å². The third kappa shape index (κ3) is 3.99. The fraction of sp³-hybridized carbons (Fsp3) is 0.435. The summed E-state index contributed by atoms with van der Waals surface area (Å²) in [5.41, 5.74) is 6.32. The molecule has 3 N–H and O–H groups in total. The van der Waals surface area contributed by atoms with Crippen molar-refractivity contribution in [1.82, 2.24) is 4.57 Å². The minimum absolute atomic E-state index is 0.0999. The Morgan fingerprint density at radius 1 is 1.16 bits per heavy atom. The van der Waals surface area contributed by atoms with Gasteiger partial charge in [0.05, 0.1) is 17.4 Å². The Morgan fingerprint density at radius 2 is 1.71 bits per heavy atom. The number of nitrogens with two attached hydrogens (primary N) is 1. The van der Waals surface area contributed by atoms with E-state index in [2.05, 4.69) is 0 Å². The van der Waals surface area contributed by atoms with Crippen LogP contribution in [0.15, 0.2) is 24.3 Å². The molecule has 8 heteroatoms. The molecule has 1 fully saturated rings. The van der Waals surface area contributed by atoms with Crippen molar-refractivity contribution in [3.8, 4) is 0 Å². The van der Waals surface area contributed by atoms with Crippen molar-refractivity contribution >= 4 is 23.3 Å². The predicted octanol–water partition coefficient (Wildman–Crippen LogP) is 2.79. The highest BCUT2D eigenvalue weighted by Crippen LogP contribution is 2.37. The van der Waals surface area contributed by atoms with Crippen molar-refractivity contribution in [2.75, 3.05) is 4.90 Å². The molecule has 2 amide bonds. The van der Waals surface area contributed by atoms with Crippen LogP contribution in [0.2, 0.25) is 0 Å². The number of hydrogen-bond acceptors (Lipinski definition) is 4. The first-order valence-electron chi connectivity index (χ1n) is 10.3. The molecule has 31 heavy (non-hydrogen) atoms. The normalized spacial score (nSPS) is 21.0. The number of aromatic nitrogens is 1. The van der Waals surface area contributed by atoms with E-state index in [-0.39, 0.29) is 11.3 Å². The zero-order valence-corrected chi connectivity index (χ0v) is 18.2. The van der Waals surface area contributed by atoms with Gasteiger partial charge in [0.1, 0.15) is 5.82 Å². The summed E-state index contributed by atoms with van der Waals surface area (Å²) < 4.78 is 15.0. The van der Waals surface area contributed by atoms with Gasteiger partial charge in [-0.05, 0) is 76.3 Å². The standard InChI is InChI=1S/C23H28FN3O4/c1-13-18(21(25)30)14(2)26(4)19(13)20(29)22(31)27(16-7-5-15(24)6-8-16)23(3)11-9-17(28)10-12-23/h5-8,17,28H,9-12H2,1-4H3,(H2,25,30). The zero-order chi connectivity index (χ0) is 23.1. The number of hydrogen-bond donors (Lipinski definition) is 2. The number of anilines is 1. The Balaban J connectivity index is 2.09. The fourth-order valence-electron chi connectivity index (χ4n) is 4.58. The summed E-state index contributed by atoms with van der Waals surface area (Å²) in [6.45, 7) is 5.12. The molecule has 3 rings (SSSR count). The summed E-state index contributed by atoms with van der Waals surface area (Å²) >= 11 is 0. The van der Waals surface area contributed by atoms with Gasteiger partial charge in [0.2, 0.25) is 0 Å². The van der Waals surface area contributed by atoms with Crippen molar-refractivity contribution < 1.29 is 23.9 Å². The van der Waals surface area contributed by atoms with E-state index in [1.54, 1.807) is 20.9 Å². The van der Waals surface area contributed by atoms with Crippen molar-refractivity contribution in [1.29, 1.82) is 0 Å². The molecule has 0 unspecified atom stereocenters. The van der Waals surface area contributed by atoms with Gasteiger partial charge in [-0.3, -0.25) is 19.3 Å². The molecule has 1 heterocycles. The summed E-state index contributed by atoms with van der Waals surface area (Å²) in [4.78, 5) is 40.3.